The molecule has 31 nitrogen and oxygen atoms in total. The Morgan fingerprint density at radius 1 is 0.641 bits per heavy atom. The van der Waals surface area contributed by atoms with Gasteiger partial charge in [-0.05, 0) is 109 Å². The van der Waals surface area contributed by atoms with Gasteiger partial charge in [-0.2, -0.15) is 57.9 Å². The molecule has 0 saturated carbocycles. The lowest BCUT2D eigenvalue weighted by atomic mass is 9.98. The molecule has 0 aliphatic carbocycles. The number of nitrogen functional groups attached to an aromatic ring is 1. The number of carbonyl (C=O) groups excluding carboxylic acids is 7. The average molecular weight is 1700 g/mol. The van der Waals surface area contributed by atoms with E-state index in [4.69, 9.17) is 37.3 Å². The second-order valence-electron chi connectivity index (χ2n) is 24.2. The molecule has 0 radical (unpaired) electrons. The molecule has 2 unspecified atom stereocenters. The predicted octanol–water partition coefficient (Wildman–Crippen LogP) is 11.7. The first kappa shape index (κ1) is 105. The molecule has 6 heterocycles. The number of aryl methyl sites for hydroxylation is 6. The van der Waals surface area contributed by atoms with Gasteiger partial charge in [0.2, 0.25) is 5.78 Å². The third kappa shape index (κ3) is 40.0. The monoisotopic (exact) mass is 1700 g/mol. The Morgan fingerprint density at radius 2 is 1.12 bits per heavy atom. The van der Waals surface area contributed by atoms with Crippen molar-refractivity contribution in [3.8, 4) is 6.07 Å². The maximum Gasteiger partial charge on any atom is 0.450 e. The molecule has 0 bridgehead atoms. The van der Waals surface area contributed by atoms with Crippen molar-refractivity contribution in [1.82, 2.24) is 44.8 Å². The van der Waals surface area contributed by atoms with E-state index in [1.165, 1.54) is 28.3 Å². The normalized spacial score (nSPS) is 13.9. The highest BCUT2D eigenvalue weighted by molar-refractivity contribution is 6.03. The van der Waals surface area contributed by atoms with Crippen LogP contribution >= 0.6 is 12.4 Å². The number of aliphatic imine (C=N–C) groups is 1. The minimum Gasteiger partial charge on any atom is -0.481 e. The number of fused-ring (bicyclic) bond motifs is 4. The van der Waals surface area contributed by atoms with Crippen molar-refractivity contribution >= 4 is 116 Å². The van der Waals surface area contributed by atoms with Crippen LogP contribution in [0.1, 0.15) is 145 Å². The van der Waals surface area contributed by atoms with E-state index in [1.54, 1.807) is 20.0 Å². The fraction of sp³-hybridized carbons (Fsp3) is 0.479. The molecule has 117 heavy (non-hydrogen) atoms. The number of rotatable bonds is 23. The lowest BCUT2D eigenvalue weighted by molar-refractivity contribution is -0.275. The maximum atomic E-state index is 12.8. The summed E-state index contributed by atoms with van der Waals surface area (Å²) in [4.78, 5) is 105. The van der Waals surface area contributed by atoms with Crippen molar-refractivity contribution in [2.75, 3.05) is 59.2 Å². The van der Waals surface area contributed by atoms with Crippen LogP contribution in [0.2, 0.25) is 0 Å². The number of nitrogens with one attached hydrogen (secondary N) is 4. The number of Topliss-reactive ketones (excluding diaryl/α,β-unsaturated/α-hetero) is 2. The molecule has 0 saturated heterocycles. The summed E-state index contributed by atoms with van der Waals surface area (Å²) in [5.41, 5.74) is 9.93. The summed E-state index contributed by atoms with van der Waals surface area (Å²) in [7, 11) is 7.86. The van der Waals surface area contributed by atoms with Crippen LogP contribution < -0.4 is 22.1 Å². The first-order chi connectivity index (χ1) is 54.0. The molecule has 7 aromatic rings. The Morgan fingerprint density at radius 3 is 1.57 bits per heavy atom. The van der Waals surface area contributed by atoms with Gasteiger partial charge in [-0.3, -0.25) is 54.3 Å². The van der Waals surface area contributed by atoms with Gasteiger partial charge in [-0.25, -0.2) is 29.9 Å². The number of hydrogen-bond acceptors (Lipinski definition) is 29. The van der Waals surface area contributed by atoms with Gasteiger partial charge in [0.15, 0.2) is 5.90 Å². The molecular weight excluding hydrogens is 1600 g/mol. The first-order valence-electron chi connectivity index (χ1n) is 34.7. The smallest absolute Gasteiger partial charge is 0.450 e. The van der Waals surface area contributed by atoms with Gasteiger partial charge in [0, 0.05) is 93.6 Å². The Labute approximate surface area is 669 Å². The molecule has 1 aliphatic rings. The number of benzene rings is 2. The molecule has 0 amide bonds. The number of halogens is 13. The zero-order valence-corrected chi connectivity index (χ0v) is 66.5. The van der Waals surface area contributed by atoms with Crippen molar-refractivity contribution in [3.05, 3.63) is 113 Å². The van der Waals surface area contributed by atoms with Crippen molar-refractivity contribution in [2.45, 2.75) is 175 Å². The molecule has 44 heteroatoms. The molecular formula is C73H93ClF12N16O15. The van der Waals surface area contributed by atoms with Crippen LogP contribution in [0.4, 0.5) is 64.1 Å². The minimum absolute atomic E-state index is 0. The number of aromatic nitrogens is 8. The van der Waals surface area contributed by atoms with E-state index in [9.17, 15) is 96.5 Å². The number of nitriles is 1. The summed E-state index contributed by atoms with van der Waals surface area (Å²) in [5, 5.41) is 48.6. The van der Waals surface area contributed by atoms with Gasteiger partial charge in [0.25, 0.3) is 5.72 Å². The Hall–Kier alpha value is -11.6. The number of imidazole rings is 1. The van der Waals surface area contributed by atoms with Crippen LogP contribution in [-0.4, -0.2) is 181 Å². The average Bonchev–Trinajstić information content (AvgIpc) is 1.71. The van der Waals surface area contributed by atoms with Crippen LogP contribution in [0.3, 0.4) is 0 Å². The van der Waals surface area contributed by atoms with Crippen LogP contribution in [-0.2, 0) is 101 Å². The number of anilines is 2. The highest BCUT2D eigenvalue weighted by atomic mass is 35.5. The minimum atomic E-state index is -5.04. The summed E-state index contributed by atoms with van der Waals surface area (Å²) in [6.45, 7) is 11.6. The standard InChI is InChI=1S/C19H19N5.C11H10F6N2O2.C11H17F3N2O4.C10H11N3.C7H13NO3.C5H5F3O2.C5H10N2O2.C5H7NO2.ClH/c1-12-11-13(2)22-17(21-12)8-9-18-23-19-14-5-4-10-20-15(14)6-7-16(19)24(18)3;1-2-21-9(20)4-3-8-18-6(10(12,13)14)5-7(19-8)11(15,16)17;1-3-20-8(17)5-4-7-15-9(2,18)6-10(19,16-7)11(12,13)14;1-12-9-5-4-8-7(10(9)11)3-2-6-13-8;1-3-11-6(8)4-5-7(9)10-2;1-3(9)2-4(10)5(6,7)8;1-9-5(8)3-2-4(6)7;1-8-5(7)3-2-4-6;/h4-7,10-11H,8-9H2,1-3H3;5H,2-4H2,1H3;18-19H,3-6H2,1-2H3,(H,15,16);2-6,12H,11H2,1H3;8H,3-5H2,1-2H3;2H2,1H3;2-3H2,1H3,(H3,6,7);2-3H2,1H3;1H. The van der Waals surface area contributed by atoms with E-state index in [-0.39, 0.29) is 112 Å². The largest absolute Gasteiger partial charge is 0.481 e. The topological polar surface area (TPSA) is 470 Å². The Balaban J connectivity index is 0.00000135. The molecule has 8 rings (SSSR count). The summed E-state index contributed by atoms with van der Waals surface area (Å²) in [6.07, 6.45) is -16.7. The molecule has 2 atom stereocenters. The van der Waals surface area contributed by atoms with E-state index < -0.39 is 103 Å². The highest BCUT2D eigenvalue weighted by Crippen LogP contribution is 2.40. The molecule has 646 valence electrons. The van der Waals surface area contributed by atoms with E-state index in [0.717, 1.165) is 93.9 Å². The third-order valence-electron chi connectivity index (χ3n) is 14.6. The summed E-state index contributed by atoms with van der Waals surface area (Å²) < 4.78 is 176. The first-order valence-corrected chi connectivity index (χ1v) is 34.7. The highest BCUT2D eigenvalue weighted by Gasteiger charge is 2.59. The number of alkyl halides is 12. The summed E-state index contributed by atoms with van der Waals surface area (Å²) in [6, 6.07) is 19.6. The predicted molar refractivity (Wildman–Crippen MR) is 405 cm³/mol. The molecule has 5 aromatic heterocycles. The lowest BCUT2D eigenvalue weighted by Gasteiger charge is -2.39. The van der Waals surface area contributed by atoms with Crippen LogP contribution in [0.25, 0.3) is 32.8 Å². The number of pyridine rings is 2. The second-order valence-corrected chi connectivity index (χ2v) is 24.2. The van der Waals surface area contributed by atoms with E-state index in [0.29, 0.717) is 13.0 Å². The zero-order chi connectivity index (χ0) is 88.5. The van der Waals surface area contributed by atoms with Crippen LogP contribution in [0.5, 0.6) is 0 Å². The number of esters is 5. The number of amidine groups is 2. The molecule has 0 fully saturated rings. The number of methoxy groups -OCH3 is 3. The molecule has 1 aliphatic heterocycles. The van der Waals surface area contributed by atoms with Gasteiger partial charge < -0.3 is 65.3 Å². The van der Waals surface area contributed by atoms with Gasteiger partial charge in [0.1, 0.15) is 46.2 Å². The van der Waals surface area contributed by atoms with Gasteiger partial charge in [0.05, 0.1) is 131 Å². The number of carbonyl (C=O) groups is 7. The number of ether oxygens (including phenoxy) is 6. The van der Waals surface area contributed by atoms with Crippen molar-refractivity contribution < 1.29 is 125 Å². The molecule has 0 spiro atoms. The fourth-order valence-electron chi connectivity index (χ4n) is 9.30. The Kier molecular flexibility index (Phi) is 45.7. The van der Waals surface area contributed by atoms with Gasteiger partial charge >= 0.3 is 54.6 Å². The number of aliphatic hydroxyl groups is 2. The van der Waals surface area contributed by atoms with Crippen molar-refractivity contribution in [2.24, 2.45) is 17.8 Å². The van der Waals surface area contributed by atoms with Gasteiger partial charge in [-0.1, -0.05) is 0 Å². The molecule has 10 N–H and O–H groups in total. The van der Waals surface area contributed by atoms with Gasteiger partial charge in [-0.15, -0.1) is 12.4 Å². The second kappa shape index (κ2) is 50.7. The van der Waals surface area contributed by atoms with E-state index in [2.05, 4.69) is 99.0 Å². The Bertz CT molecular complexity index is 4450. The fourth-order valence-corrected chi connectivity index (χ4v) is 9.30. The number of ketones is 2. The third-order valence-corrected chi connectivity index (χ3v) is 14.6. The number of hydrogen-bond donors (Lipinski definition) is 8. The zero-order valence-electron chi connectivity index (χ0n) is 65.7. The summed E-state index contributed by atoms with van der Waals surface area (Å²) in [5.74, 6) is -4.02. The van der Waals surface area contributed by atoms with E-state index in [1.807, 2.05) is 69.6 Å². The van der Waals surface area contributed by atoms with Crippen LogP contribution in [0, 0.1) is 36.0 Å². The number of nitrogens with zero attached hydrogens (tertiary/aromatic N) is 10. The molecule has 2 aromatic carbocycles. The number of nitrogens with two attached hydrogens (primary N) is 2. The van der Waals surface area contributed by atoms with E-state index >= 15 is 0 Å². The van der Waals surface area contributed by atoms with Crippen molar-refractivity contribution in [1.29, 1.82) is 16.1 Å². The van der Waals surface area contributed by atoms with Crippen molar-refractivity contribution in [3.63, 3.8) is 0 Å². The van der Waals surface area contributed by atoms with Crippen LogP contribution in [0.15, 0.2) is 78.0 Å². The quantitative estimate of drug-likeness (QED) is 0.00561. The lowest BCUT2D eigenvalue weighted by Crippen LogP contribution is -2.60. The maximum absolute atomic E-state index is 12.8. The SMILES string of the molecule is CC(=O)CC(=O)C(F)(F)F.CCOC(=N)CCC(=O)OC.CCOC(=O)CCC1=NC(O)(C(F)(F)F)CC(C)(O)N1.CCOC(=O)CCc1nc(C(F)(F)F)cc(C(F)(F)F)n1.CNc1ccc2ncccc2c1N.COC(=O)CCC#N.COC(=O)CCC(=N)N.Cc1cc(C)nc(CCc2nc3c4cccnc4ccc3n2C)n1.Cl. The summed E-state index contributed by atoms with van der Waals surface area (Å²) >= 11 is 0.